The maximum atomic E-state index is 12.6. The molecule has 3 saturated heterocycles. The summed E-state index contributed by atoms with van der Waals surface area (Å²) < 4.78 is 5.77. The maximum absolute atomic E-state index is 12.6. The Labute approximate surface area is 152 Å². The smallest absolute Gasteiger partial charge is 0.287 e. The number of benzene rings is 1. The van der Waals surface area contributed by atoms with Gasteiger partial charge in [0.15, 0.2) is 5.76 Å². The first kappa shape index (κ1) is 16.8. The minimum absolute atomic E-state index is 0.126. The van der Waals surface area contributed by atoms with Gasteiger partial charge in [-0.15, -0.1) is 0 Å². The monoisotopic (exact) mass is 353 g/mol. The summed E-state index contributed by atoms with van der Waals surface area (Å²) in [6.45, 7) is 4.69. The van der Waals surface area contributed by atoms with Gasteiger partial charge in [0.25, 0.3) is 5.91 Å². The van der Waals surface area contributed by atoms with Gasteiger partial charge in [0.1, 0.15) is 5.76 Å². The highest BCUT2D eigenvalue weighted by molar-refractivity contribution is 5.92. The van der Waals surface area contributed by atoms with E-state index in [1.54, 1.807) is 12.1 Å². The number of nitrogens with one attached hydrogen (secondary N) is 2. The summed E-state index contributed by atoms with van der Waals surface area (Å²) in [5, 5.41) is 5.89. The van der Waals surface area contributed by atoms with Crippen LogP contribution in [-0.2, 0) is 4.79 Å². The molecule has 6 nitrogen and oxygen atoms in total. The molecule has 136 valence electrons. The largest absolute Gasteiger partial charge is 0.451 e. The molecule has 5 rings (SSSR count). The number of hydrogen-bond donors (Lipinski definition) is 2. The van der Waals surface area contributed by atoms with Gasteiger partial charge in [-0.25, -0.2) is 0 Å². The average molecular weight is 353 g/mol. The standard InChI is InChI=1S/C20H23N3O3/c1-13(24)21-16-4-2-3-15(11-16)18-5-6-19(26-18)20(25)22-17-12-23-9-7-14(17)8-10-23/h2-6,11,14,17H,7-10,12H2,1H3,(H,21,24)(H,22,25)/t17-/m0/s1. The van der Waals surface area contributed by atoms with Gasteiger partial charge in [-0.2, -0.15) is 0 Å². The van der Waals surface area contributed by atoms with Gasteiger partial charge < -0.3 is 20.0 Å². The van der Waals surface area contributed by atoms with Crippen LogP contribution in [0.25, 0.3) is 11.3 Å². The lowest BCUT2D eigenvalue weighted by Crippen LogP contribution is -2.57. The van der Waals surface area contributed by atoms with E-state index in [1.165, 1.54) is 6.92 Å². The Morgan fingerprint density at radius 3 is 2.65 bits per heavy atom. The van der Waals surface area contributed by atoms with Gasteiger partial charge in [0, 0.05) is 30.8 Å². The summed E-state index contributed by atoms with van der Waals surface area (Å²) in [7, 11) is 0. The highest BCUT2D eigenvalue weighted by Gasteiger charge is 2.35. The molecular formula is C20H23N3O3. The quantitative estimate of drug-likeness (QED) is 0.886. The van der Waals surface area contributed by atoms with Crippen LogP contribution in [0.2, 0.25) is 0 Å². The number of fused-ring (bicyclic) bond motifs is 3. The Morgan fingerprint density at radius 2 is 1.96 bits per heavy atom. The first-order chi connectivity index (χ1) is 12.6. The fourth-order valence-electron chi connectivity index (χ4n) is 3.94. The predicted octanol–water partition coefficient (Wildman–Crippen LogP) is 2.73. The Balaban J connectivity index is 1.46. The summed E-state index contributed by atoms with van der Waals surface area (Å²) in [5.74, 6) is 1.22. The number of carbonyl (C=O) groups excluding carboxylic acids is 2. The fraction of sp³-hybridized carbons (Fsp3) is 0.400. The molecule has 3 aliphatic rings. The van der Waals surface area contributed by atoms with Gasteiger partial charge in [-0.1, -0.05) is 12.1 Å². The van der Waals surface area contributed by atoms with Crippen LogP contribution < -0.4 is 10.6 Å². The molecule has 26 heavy (non-hydrogen) atoms. The van der Waals surface area contributed by atoms with Gasteiger partial charge in [0.2, 0.25) is 5.91 Å². The van der Waals surface area contributed by atoms with Crippen molar-refractivity contribution < 1.29 is 14.0 Å². The molecule has 0 radical (unpaired) electrons. The van der Waals surface area contributed by atoms with Crippen molar-refractivity contribution >= 4 is 17.5 Å². The lowest BCUT2D eigenvalue weighted by atomic mass is 9.84. The molecule has 3 fully saturated rings. The van der Waals surface area contributed by atoms with E-state index in [1.807, 2.05) is 24.3 Å². The van der Waals surface area contributed by atoms with Crippen molar-refractivity contribution in [3.63, 3.8) is 0 Å². The fourth-order valence-corrected chi connectivity index (χ4v) is 3.94. The van der Waals surface area contributed by atoms with E-state index in [-0.39, 0.29) is 17.9 Å². The first-order valence-electron chi connectivity index (χ1n) is 9.09. The minimum atomic E-state index is -0.159. The number of carbonyl (C=O) groups is 2. The molecule has 4 heterocycles. The van der Waals surface area contributed by atoms with E-state index in [9.17, 15) is 9.59 Å². The van der Waals surface area contributed by atoms with Crippen molar-refractivity contribution in [2.75, 3.05) is 25.0 Å². The zero-order valence-electron chi connectivity index (χ0n) is 14.8. The van der Waals surface area contributed by atoms with Crippen molar-refractivity contribution in [3.05, 3.63) is 42.2 Å². The normalized spacial score (nSPS) is 24.3. The topological polar surface area (TPSA) is 74.6 Å². The molecule has 2 N–H and O–H groups in total. The number of nitrogens with zero attached hydrogens (tertiary/aromatic N) is 1. The second-order valence-electron chi connectivity index (χ2n) is 7.14. The van der Waals surface area contributed by atoms with Crippen molar-refractivity contribution in [3.8, 4) is 11.3 Å². The van der Waals surface area contributed by atoms with Crippen molar-refractivity contribution in [1.29, 1.82) is 0 Å². The van der Waals surface area contributed by atoms with Crippen LogP contribution in [-0.4, -0.2) is 42.4 Å². The van der Waals surface area contributed by atoms with Crippen LogP contribution in [0.1, 0.15) is 30.3 Å². The summed E-state index contributed by atoms with van der Waals surface area (Å²) in [6, 6.07) is 11.1. The summed E-state index contributed by atoms with van der Waals surface area (Å²) >= 11 is 0. The lowest BCUT2D eigenvalue weighted by Gasteiger charge is -2.44. The van der Waals surface area contributed by atoms with Crippen LogP contribution in [0.15, 0.2) is 40.8 Å². The van der Waals surface area contributed by atoms with Crippen LogP contribution in [0.3, 0.4) is 0 Å². The number of hydrogen-bond acceptors (Lipinski definition) is 4. The van der Waals surface area contributed by atoms with E-state index in [2.05, 4.69) is 15.5 Å². The van der Waals surface area contributed by atoms with Crippen molar-refractivity contribution in [1.82, 2.24) is 10.2 Å². The van der Waals surface area contributed by atoms with Crippen LogP contribution in [0, 0.1) is 5.92 Å². The van der Waals surface area contributed by atoms with E-state index < -0.39 is 0 Å². The van der Waals surface area contributed by atoms with Crippen LogP contribution in [0.5, 0.6) is 0 Å². The van der Waals surface area contributed by atoms with Crippen molar-refractivity contribution in [2.24, 2.45) is 5.92 Å². The Morgan fingerprint density at radius 1 is 1.15 bits per heavy atom. The Kier molecular flexibility index (Phi) is 4.51. The molecular weight excluding hydrogens is 330 g/mol. The number of anilines is 1. The lowest BCUT2D eigenvalue weighted by molar-refractivity contribution is -0.114. The molecule has 1 atom stereocenters. The molecule has 2 aromatic rings. The maximum Gasteiger partial charge on any atom is 0.287 e. The molecule has 0 aliphatic carbocycles. The third-order valence-electron chi connectivity index (χ3n) is 5.27. The summed E-state index contributed by atoms with van der Waals surface area (Å²) in [5.41, 5.74) is 1.52. The molecule has 1 aromatic carbocycles. The van der Waals surface area contributed by atoms with E-state index in [0.29, 0.717) is 23.1 Å². The minimum Gasteiger partial charge on any atom is -0.451 e. The Hall–Kier alpha value is -2.60. The number of furan rings is 1. The SMILES string of the molecule is CC(=O)Nc1cccc(-c2ccc(C(=O)N[C@H]3CN4CCC3CC4)o2)c1. The Bertz CT molecular complexity index is 821. The first-order valence-corrected chi connectivity index (χ1v) is 9.09. The molecule has 2 amide bonds. The van der Waals surface area contributed by atoms with Gasteiger partial charge >= 0.3 is 0 Å². The molecule has 2 bridgehead atoms. The summed E-state index contributed by atoms with van der Waals surface area (Å²) in [4.78, 5) is 26.2. The van der Waals surface area contributed by atoms with Crippen molar-refractivity contribution in [2.45, 2.75) is 25.8 Å². The second kappa shape index (κ2) is 6.96. The third kappa shape index (κ3) is 3.51. The number of amides is 2. The predicted molar refractivity (Wildman–Crippen MR) is 98.9 cm³/mol. The number of rotatable bonds is 4. The zero-order chi connectivity index (χ0) is 18.1. The average Bonchev–Trinajstić information content (AvgIpc) is 3.13. The molecule has 0 unspecified atom stereocenters. The zero-order valence-corrected chi connectivity index (χ0v) is 14.8. The van der Waals surface area contributed by atoms with Crippen LogP contribution >= 0.6 is 0 Å². The van der Waals surface area contributed by atoms with E-state index in [4.69, 9.17) is 4.42 Å². The highest BCUT2D eigenvalue weighted by atomic mass is 16.3. The van der Waals surface area contributed by atoms with Gasteiger partial charge in [0.05, 0.1) is 0 Å². The van der Waals surface area contributed by atoms with Crippen LogP contribution in [0.4, 0.5) is 5.69 Å². The molecule has 6 heteroatoms. The molecule has 0 saturated carbocycles. The second-order valence-corrected chi connectivity index (χ2v) is 7.14. The molecule has 0 spiro atoms. The van der Waals surface area contributed by atoms with Gasteiger partial charge in [-0.05, 0) is 56.1 Å². The summed E-state index contributed by atoms with van der Waals surface area (Å²) in [6.07, 6.45) is 2.31. The van der Waals surface area contributed by atoms with Gasteiger partial charge in [-0.3, -0.25) is 9.59 Å². The molecule has 3 aliphatic heterocycles. The number of piperidine rings is 3. The highest BCUT2D eigenvalue weighted by Crippen LogP contribution is 2.28. The third-order valence-corrected chi connectivity index (χ3v) is 5.27. The van der Waals surface area contributed by atoms with E-state index in [0.717, 1.165) is 38.0 Å². The van der Waals surface area contributed by atoms with E-state index >= 15 is 0 Å². The molecule has 1 aromatic heterocycles.